The summed E-state index contributed by atoms with van der Waals surface area (Å²) in [6.45, 7) is 1.77. The van der Waals surface area contributed by atoms with Crippen LogP contribution in [0.3, 0.4) is 0 Å². The number of rotatable bonds is 6. The topological polar surface area (TPSA) is 66.2 Å². The Morgan fingerprint density at radius 2 is 2.00 bits per heavy atom. The van der Waals surface area contributed by atoms with Gasteiger partial charge in [-0.2, -0.15) is 0 Å². The molecule has 0 fully saturated rings. The van der Waals surface area contributed by atoms with Crippen LogP contribution >= 0.6 is 0 Å². The second kappa shape index (κ2) is 8.06. The number of phenolic OH excluding ortho intramolecular Hbond substituents is 1. The van der Waals surface area contributed by atoms with Crippen LogP contribution in [0.4, 0.5) is 4.39 Å². The quantitative estimate of drug-likeness (QED) is 0.631. The summed E-state index contributed by atoms with van der Waals surface area (Å²) in [5.41, 5.74) is 2.78. The Balaban J connectivity index is 1.77. The largest absolute Gasteiger partial charge is 0.508 e. The molecule has 134 valence electrons. The van der Waals surface area contributed by atoms with Gasteiger partial charge < -0.3 is 10.2 Å². The van der Waals surface area contributed by atoms with Gasteiger partial charge in [0.05, 0.1) is 29.0 Å². The summed E-state index contributed by atoms with van der Waals surface area (Å²) in [6.07, 6.45) is 7.59. The maximum atomic E-state index is 14.5. The lowest BCUT2D eigenvalue weighted by Gasteiger charge is -2.05. The summed E-state index contributed by atoms with van der Waals surface area (Å²) in [4.78, 5) is 8.67. The van der Waals surface area contributed by atoms with E-state index in [1.54, 1.807) is 19.1 Å². The number of aliphatic hydroxyl groups is 1. The molecule has 4 nitrogen and oxygen atoms in total. The van der Waals surface area contributed by atoms with Crippen molar-refractivity contribution in [3.05, 3.63) is 60.1 Å². The molecule has 3 rings (SSSR count). The number of allylic oxidation sites excluding steroid dienone is 1. The normalized spacial score (nSPS) is 12.7. The molecule has 0 radical (unpaired) electrons. The summed E-state index contributed by atoms with van der Waals surface area (Å²) in [5, 5.41) is 18.7. The predicted octanol–water partition coefficient (Wildman–Crippen LogP) is 4.71. The van der Waals surface area contributed by atoms with Crippen LogP contribution in [0, 0.1) is 5.82 Å². The van der Waals surface area contributed by atoms with Crippen molar-refractivity contribution in [3.8, 4) is 17.0 Å². The molecule has 3 aromatic rings. The molecule has 1 heterocycles. The number of aromatic hydroxyl groups is 1. The number of hydrogen-bond acceptors (Lipinski definition) is 4. The summed E-state index contributed by atoms with van der Waals surface area (Å²) >= 11 is 0. The second-order valence-electron chi connectivity index (χ2n) is 6.35. The molecule has 0 aliphatic heterocycles. The van der Waals surface area contributed by atoms with Gasteiger partial charge >= 0.3 is 0 Å². The highest BCUT2D eigenvalue weighted by Gasteiger charge is 2.09. The van der Waals surface area contributed by atoms with E-state index < -0.39 is 0 Å². The highest BCUT2D eigenvalue weighted by molar-refractivity contribution is 5.78. The Morgan fingerprint density at radius 1 is 1.15 bits per heavy atom. The minimum absolute atomic E-state index is 0.121. The number of nitrogens with zero attached hydrogens (tertiary/aromatic N) is 2. The molecular formula is C21H21FN2O2. The Bertz CT molecular complexity index is 938. The van der Waals surface area contributed by atoms with Gasteiger partial charge in [-0.05, 0) is 56.0 Å². The molecule has 0 amide bonds. The molecule has 0 saturated carbocycles. The zero-order valence-electron chi connectivity index (χ0n) is 14.6. The zero-order chi connectivity index (χ0) is 18.5. The second-order valence-corrected chi connectivity index (χ2v) is 6.35. The first-order valence-corrected chi connectivity index (χ1v) is 8.63. The summed E-state index contributed by atoms with van der Waals surface area (Å²) in [6, 6.07) is 9.72. The Morgan fingerprint density at radius 3 is 2.77 bits per heavy atom. The van der Waals surface area contributed by atoms with Crippen LogP contribution in [-0.2, 0) is 0 Å². The lowest BCUT2D eigenvalue weighted by molar-refractivity contribution is 0.182. The maximum absolute atomic E-state index is 14.5. The van der Waals surface area contributed by atoms with Crippen LogP contribution in [0.1, 0.15) is 31.7 Å². The van der Waals surface area contributed by atoms with E-state index in [2.05, 4.69) is 9.97 Å². The van der Waals surface area contributed by atoms with Gasteiger partial charge in [0.1, 0.15) is 11.6 Å². The first-order valence-electron chi connectivity index (χ1n) is 8.63. The molecule has 1 aromatic heterocycles. The van der Waals surface area contributed by atoms with Crippen LogP contribution < -0.4 is 0 Å². The number of aromatic nitrogens is 2. The van der Waals surface area contributed by atoms with Crippen LogP contribution in [0.25, 0.3) is 28.4 Å². The van der Waals surface area contributed by atoms with Crippen LogP contribution in [-0.4, -0.2) is 26.3 Å². The molecule has 1 unspecified atom stereocenters. The average molecular weight is 352 g/mol. The van der Waals surface area contributed by atoms with Crippen molar-refractivity contribution < 1.29 is 14.6 Å². The fourth-order valence-corrected chi connectivity index (χ4v) is 2.72. The number of benzene rings is 2. The van der Waals surface area contributed by atoms with E-state index in [-0.39, 0.29) is 17.7 Å². The van der Waals surface area contributed by atoms with Crippen LogP contribution in [0.15, 0.2) is 48.7 Å². The van der Waals surface area contributed by atoms with Gasteiger partial charge in [-0.1, -0.05) is 18.2 Å². The van der Waals surface area contributed by atoms with Gasteiger partial charge in [0.2, 0.25) is 0 Å². The Labute approximate surface area is 151 Å². The first-order chi connectivity index (χ1) is 12.5. The SMILES string of the molecule is CC(O)CCC/C=C/c1ccc(-c2cnc3cc(O)ccc3n2)c(F)c1. The van der Waals surface area contributed by atoms with E-state index in [4.69, 9.17) is 0 Å². The van der Waals surface area contributed by atoms with Crippen molar-refractivity contribution >= 4 is 17.1 Å². The fourth-order valence-electron chi connectivity index (χ4n) is 2.72. The van der Waals surface area contributed by atoms with Crippen LogP contribution in [0.5, 0.6) is 5.75 Å². The van der Waals surface area contributed by atoms with Gasteiger partial charge in [0.15, 0.2) is 0 Å². The minimum Gasteiger partial charge on any atom is -0.508 e. The van der Waals surface area contributed by atoms with Crippen LogP contribution in [0.2, 0.25) is 0 Å². The molecule has 0 aliphatic rings. The van der Waals surface area contributed by atoms with E-state index in [0.29, 0.717) is 22.3 Å². The first kappa shape index (κ1) is 18.0. The highest BCUT2D eigenvalue weighted by Crippen LogP contribution is 2.25. The number of unbranched alkanes of at least 4 members (excludes halogenated alkanes) is 1. The average Bonchev–Trinajstić information content (AvgIpc) is 2.61. The lowest BCUT2D eigenvalue weighted by Crippen LogP contribution is -1.97. The number of hydrogen-bond donors (Lipinski definition) is 2. The van der Waals surface area contributed by atoms with Crippen molar-refractivity contribution in [1.82, 2.24) is 9.97 Å². The monoisotopic (exact) mass is 352 g/mol. The molecular weight excluding hydrogens is 331 g/mol. The van der Waals surface area contributed by atoms with Crippen molar-refractivity contribution in [3.63, 3.8) is 0 Å². The Hall–Kier alpha value is -2.79. The fraction of sp³-hybridized carbons (Fsp3) is 0.238. The molecule has 0 aliphatic carbocycles. The molecule has 0 saturated heterocycles. The number of halogens is 1. The van der Waals surface area contributed by atoms with Crippen molar-refractivity contribution in [2.45, 2.75) is 32.3 Å². The van der Waals surface area contributed by atoms with Crippen molar-refractivity contribution in [2.75, 3.05) is 0 Å². The third kappa shape index (κ3) is 4.43. The smallest absolute Gasteiger partial charge is 0.133 e. The molecule has 2 N–H and O–H groups in total. The summed E-state index contributed by atoms with van der Waals surface area (Å²) in [7, 11) is 0. The van der Waals surface area contributed by atoms with E-state index in [1.165, 1.54) is 24.4 Å². The summed E-state index contributed by atoms with van der Waals surface area (Å²) < 4.78 is 14.5. The standard InChI is InChI=1S/C21H21FN2O2/c1-14(25)5-3-2-4-6-15-7-9-17(18(22)11-15)21-13-23-20-12-16(26)8-10-19(20)24-21/h4,6-14,25-26H,2-3,5H2,1H3/b6-4+. The van der Waals surface area contributed by atoms with Crippen molar-refractivity contribution in [1.29, 1.82) is 0 Å². The molecule has 0 bridgehead atoms. The van der Waals surface area contributed by atoms with Gasteiger partial charge in [-0.15, -0.1) is 0 Å². The molecule has 1 atom stereocenters. The predicted molar refractivity (Wildman–Crippen MR) is 101 cm³/mol. The van der Waals surface area contributed by atoms with E-state index in [1.807, 2.05) is 18.2 Å². The van der Waals surface area contributed by atoms with E-state index >= 15 is 0 Å². The zero-order valence-corrected chi connectivity index (χ0v) is 14.6. The highest BCUT2D eigenvalue weighted by atomic mass is 19.1. The van der Waals surface area contributed by atoms with E-state index in [9.17, 15) is 14.6 Å². The minimum atomic E-state index is -0.358. The molecule has 0 spiro atoms. The van der Waals surface area contributed by atoms with Gasteiger partial charge in [0, 0.05) is 11.6 Å². The number of fused-ring (bicyclic) bond motifs is 1. The van der Waals surface area contributed by atoms with E-state index in [0.717, 1.165) is 24.8 Å². The number of phenols is 1. The lowest BCUT2D eigenvalue weighted by atomic mass is 10.1. The Kier molecular flexibility index (Phi) is 5.58. The van der Waals surface area contributed by atoms with Gasteiger partial charge in [0.25, 0.3) is 0 Å². The third-order valence-corrected chi connectivity index (χ3v) is 4.10. The maximum Gasteiger partial charge on any atom is 0.133 e. The summed E-state index contributed by atoms with van der Waals surface area (Å²) in [5.74, 6) is -0.237. The van der Waals surface area contributed by atoms with Gasteiger partial charge in [-0.25, -0.2) is 9.37 Å². The molecule has 2 aromatic carbocycles. The number of aliphatic hydroxyl groups excluding tert-OH is 1. The third-order valence-electron chi connectivity index (χ3n) is 4.10. The molecule has 5 heteroatoms. The van der Waals surface area contributed by atoms with Gasteiger partial charge in [-0.3, -0.25) is 4.98 Å². The van der Waals surface area contributed by atoms with Crippen molar-refractivity contribution in [2.24, 2.45) is 0 Å². The molecule has 26 heavy (non-hydrogen) atoms.